The highest BCUT2D eigenvalue weighted by atomic mass is 35.5. The minimum atomic E-state index is -1.01. The lowest BCUT2D eigenvalue weighted by Crippen LogP contribution is -1.99. The van der Waals surface area contributed by atoms with Crippen molar-refractivity contribution in [2.45, 2.75) is 6.42 Å². The standard InChI is InChI=1S/C21H16ClNO5/c1-3-8-27-20-15(22)10-13(11-18(20)26-2)9-14(12-19(24)25)21-23-16-6-4-5-7-17(16)28-21/h1,4-7,9-11H,8,12H2,2H3,(H,24,25)/b14-9+. The number of ether oxygens (including phenoxy) is 2. The number of oxazole rings is 1. The Morgan fingerprint density at radius 2 is 2.18 bits per heavy atom. The van der Waals surface area contributed by atoms with Crippen LogP contribution in [0.3, 0.4) is 0 Å². The highest BCUT2D eigenvalue weighted by molar-refractivity contribution is 6.32. The molecule has 142 valence electrons. The van der Waals surface area contributed by atoms with Gasteiger partial charge in [-0.25, -0.2) is 4.98 Å². The van der Waals surface area contributed by atoms with Crippen molar-refractivity contribution in [3.8, 4) is 23.8 Å². The summed E-state index contributed by atoms with van der Waals surface area (Å²) < 4.78 is 16.4. The number of aromatic nitrogens is 1. The molecule has 7 heteroatoms. The van der Waals surface area contributed by atoms with E-state index in [1.807, 2.05) is 12.1 Å². The van der Waals surface area contributed by atoms with Gasteiger partial charge in [-0.3, -0.25) is 4.79 Å². The van der Waals surface area contributed by atoms with Gasteiger partial charge in [-0.2, -0.15) is 0 Å². The SMILES string of the molecule is C#CCOc1c(Cl)cc(/C=C(\CC(=O)O)c2nc3ccccc3o2)cc1OC. The first kappa shape index (κ1) is 19.3. The van der Waals surface area contributed by atoms with Crippen LogP contribution in [0, 0.1) is 12.3 Å². The van der Waals surface area contributed by atoms with Gasteiger partial charge in [0, 0.05) is 5.57 Å². The Kier molecular flexibility index (Phi) is 5.87. The summed E-state index contributed by atoms with van der Waals surface area (Å²) in [5, 5.41) is 9.58. The molecule has 2 aromatic carbocycles. The van der Waals surface area contributed by atoms with Gasteiger partial charge >= 0.3 is 5.97 Å². The molecule has 0 bridgehead atoms. The first-order valence-electron chi connectivity index (χ1n) is 8.24. The van der Waals surface area contributed by atoms with Crippen molar-refractivity contribution < 1.29 is 23.8 Å². The van der Waals surface area contributed by atoms with Crippen LogP contribution in [0.1, 0.15) is 17.9 Å². The number of hydrogen-bond acceptors (Lipinski definition) is 5. The summed E-state index contributed by atoms with van der Waals surface area (Å²) in [6, 6.07) is 10.5. The largest absolute Gasteiger partial charge is 0.493 e. The van der Waals surface area contributed by atoms with Crippen LogP contribution in [0.15, 0.2) is 40.8 Å². The van der Waals surface area contributed by atoms with E-state index < -0.39 is 5.97 Å². The molecule has 3 rings (SSSR count). The van der Waals surface area contributed by atoms with Crippen molar-refractivity contribution in [3.63, 3.8) is 0 Å². The van der Waals surface area contributed by atoms with E-state index in [-0.39, 0.29) is 23.9 Å². The molecule has 1 N–H and O–H groups in total. The quantitative estimate of drug-likeness (QED) is 0.590. The lowest BCUT2D eigenvalue weighted by atomic mass is 10.1. The number of methoxy groups -OCH3 is 1. The van der Waals surface area contributed by atoms with E-state index in [4.69, 9.17) is 31.9 Å². The zero-order chi connectivity index (χ0) is 20.1. The molecule has 0 aliphatic heterocycles. The molecule has 0 unspecified atom stereocenters. The minimum absolute atomic E-state index is 0.0401. The third-order valence-corrected chi connectivity index (χ3v) is 4.08. The van der Waals surface area contributed by atoms with Crippen LogP contribution in [0.5, 0.6) is 11.5 Å². The van der Waals surface area contributed by atoms with Gasteiger partial charge in [0.15, 0.2) is 17.1 Å². The average molecular weight is 398 g/mol. The van der Waals surface area contributed by atoms with Crippen molar-refractivity contribution in [1.29, 1.82) is 0 Å². The predicted molar refractivity (Wildman–Crippen MR) is 106 cm³/mol. The smallest absolute Gasteiger partial charge is 0.308 e. The van der Waals surface area contributed by atoms with E-state index in [0.717, 1.165) is 0 Å². The summed E-state index contributed by atoms with van der Waals surface area (Å²) in [6.45, 7) is 0.0401. The van der Waals surface area contributed by atoms with Gasteiger partial charge < -0.3 is 19.0 Å². The third kappa shape index (κ3) is 4.27. The second kappa shape index (κ2) is 8.51. The van der Waals surface area contributed by atoms with Crippen molar-refractivity contribution in [1.82, 2.24) is 4.98 Å². The number of nitrogens with zero attached hydrogens (tertiary/aromatic N) is 1. The molecule has 0 saturated carbocycles. The van der Waals surface area contributed by atoms with Crippen LogP contribution < -0.4 is 9.47 Å². The van der Waals surface area contributed by atoms with E-state index in [9.17, 15) is 9.90 Å². The number of carboxylic acid groups (broad SMARTS) is 1. The number of halogens is 1. The summed E-state index contributed by atoms with van der Waals surface area (Å²) >= 11 is 6.29. The van der Waals surface area contributed by atoms with E-state index in [0.29, 0.717) is 33.7 Å². The lowest BCUT2D eigenvalue weighted by molar-refractivity contribution is -0.135. The number of benzene rings is 2. The molecular weight excluding hydrogens is 382 g/mol. The highest BCUT2D eigenvalue weighted by Crippen LogP contribution is 2.37. The van der Waals surface area contributed by atoms with Gasteiger partial charge in [-0.1, -0.05) is 29.7 Å². The highest BCUT2D eigenvalue weighted by Gasteiger charge is 2.16. The Balaban J connectivity index is 2.06. The molecule has 0 spiro atoms. The number of para-hydroxylation sites is 2. The van der Waals surface area contributed by atoms with Gasteiger partial charge in [-0.15, -0.1) is 6.42 Å². The van der Waals surface area contributed by atoms with Crippen LogP contribution in [0.25, 0.3) is 22.7 Å². The summed E-state index contributed by atoms with van der Waals surface area (Å²) in [5.74, 6) is 2.27. The van der Waals surface area contributed by atoms with Crippen molar-refractivity contribution in [2.75, 3.05) is 13.7 Å². The molecule has 3 aromatic rings. The fourth-order valence-corrected chi connectivity index (χ4v) is 2.91. The van der Waals surface area contributed by atoms with Crippen LogP contribution in [-0.4, -0.2) is 29.8 Å². The molecule has 0 atom stereocenters. The summed E-state index contributed by atoms with van der Waals surface area (Å²) in [6.07, 6.45) is 6.58. The number of fused-ring (bicyclic) bond motifs is 1. The predicted octanol–water partition coefficient (Wildman–Crippen LogP) is 4.52. The van der Waals surface area contributed by atoms with Crippen molar-refractivity contribution in [2.24, 2.45) is 0 Å². The minimum Gasteiger partial charge on any atom is -0.493 e. The Labute approximate surface area is 166 Å². The fraction of sp³-hybridized carbons (Fsp3) is 0.143. The molecule has 1 aromatic heterocycles. The van der Waals surface area contributed by atoms with Gasteiger partial charge in [0.2, 0.25) is 5.89 Å². The van der Waals surface area contributed by atoms with E-state index >= 15 is 0 Å². The normalized spacial score (nSPS) is 11.2. The molecule has 0 saturated heterocycles. The first-order chi connectivity index (χ1) is 13.5. The maximum Gasteiger partial charge on any atom is 0.308 e. The molecule has 0 aliphatic rings. The van der Waals surface area contributed by atoms with Gasteiger partial charge in [0.25, 0.3) is 0 Å². The topological polar surface area (TPSA) is 81.8 Å². The third-order valence-electron chi connectivity index (χ3n) is 3.80. The monoisotopic (exact) mass is 397 g/mol. The van der Waals surface area contributed by atoms with Crippen molar-refractivity contribution in [3.05, 3.63) is 52.9 Å². The maximum absolute atomic E-state index is 11.4. The number of carboxylic acids is 1. The zero-order valence-electron chi connectivity index (χ0n) is 14.9. The van der Waals surface area contributed by atoms with E-state index in [1.54, 1.807) is 30.3 Å². The molecule has 0 amide bonds. The second-order valence-corrected chi connectivity index (χ2v) is 6.16. The number of aliphatic carboxylic acids is 1. The maximum atomic E-state index is 11.4. The van der Waals surface area contributed by atoms with Crippen LogP contribution in [0.2, 0.25) is 5.02 Å². The number of carbonyl (C=O) groups is 1. The Hall–Kier alpha value is -3.43. The average Bonchev–Trinajstić information content (AvgIpc) is 3.10. The first-order valence-corrected chi connectivity index (χ1v) is 8.61. The molecule has 0 aliphatic carbocycles. The van der Waals surface area contributed by atoms with Crippen LogP contribution in [0.4, 0.5) is 0 Å². The molecule has 1 heterocycles. The Morgan fingerprint density at radius 1 is 1.39 bits per heavy atom. The molecular formula is C21H16ClNO5. The summed E-state index contributed by atoms with van der Waals surface area (Å²) in [5.41, 5.74) is 2.21. The van der Waals surface area contributed by atoms with E-state index in [2.05, 4.69) is 10.9 Å². The van der Waals surface area contributed by atoms with Crippen LogP contribution in [-0.2, 0) is 4.79 Å². The molecule has 6 nitrogen and oxygen atoms in total. The number of terminal acetylenes is 1. The van der Waals surface area contributed by atoms with Crippen molar-refractivity contribution >= 4 is 40.3 Å². The van der Waals surface area contributed by atoms with Gasteiger partial charge in [-0.05, 0) is 35.9 Å². The second-order valence-electron chi connectivity index (χ2n) is 5.75. The van der Waals surface area contributed by atoms with Gasteiger partial charge in [0.1, 0.15) is 12.1 Å². The Bertz CT molecular complexity index is 1060. The van der Waals surface area contributed by atoms with E-state index in [1.165, 1.54) is 7.11 Å². The van der Waals surface area contributed by atoms with Gasteiger partial charge in [0.05, 0.1) is 18.6 Å². The molecule has 28 heavy (non-hydrogen) atoms. The zero-order valence-corrected chi connectivity index (χ0v) is 15.7. The lowest BCUT2D eigenvalue weighted by Gasteiger charge is -2.12. The molecule has 0 fully saturated rings. The number of rotatable bonds is 7. The Morgan fingerprint density at radius 3 is 2.86 bits per heavy atom. The number of hydrogen-bond donors (Lipinski definition) is 1. The summed E-state index contributed by atoms with van der Waals surface area (Å²) in [4.78, 5) is 15.7. The molecule has 0 radical (unpaired) electrons. The summed E-state index contributed by atoms with van der Waals surface area (Å²) in [7, 11) is 1.47. The fourth-order valence-electron chi connectivity index (χ4n) is 2.64. The van der Waals surface area contributed by atoms with Crippen LogP contribution >= 0.6 is 11.6 Å².